The monoisotopic (exact) mass is 250 g/mol. The maximum absolute atomic E-state index is 11.8. The number of hydrogen-bond donors (Lipinski definition) is 0. The van der Waals surface area contributed by atoms with E-state index in [9.17, 15) is 21.6 Å². The highest BCUT2D eigenvalue weighted by Gasteiger charge is 2.47. The van der Waals surface area contributed by atoms with Crippen LogP contribution >= 0.6 is 0 Å². The molecule has 0 aliphatic heterocycles. The molecular formula is C6H13F3O3SSi. The molecule has 0 amide bonds. The van der Waals surface area contributed by atoms with Gasteiger partial charge in [-0.25, -0.2) is 0 Å². The molecule has 0 rings (SSSR count). The van der Waals surface area contributed by atoms with Gasteiger partial charge in [-0.05, 0) is 5.54 Å². The van der Waals surface area contributed by atoms with Crippen LogP contribution in [0.3, 0.4) is 0 Å². The molecule has 0 saturated carbocycles. The fourth-order valence-corrected chi connectivity index (χ4v) is 3.27. The van der Waals surface area contributed by atoms with E-state index in [4.69, 9.17) is 0 Å². The van der Waals surface area contributed by atoms with Gasteiger partial charge in [-0.3, -0.25) is 0 Å². The van der Waals surface area contributed by atoms with E-state index < -0.39 is 25.4 Å². The van der Waals surface area contributed by atoms with Gasteiger partial charge in [0.1, 0.15) is 0 Å². The summed E-state index contributed by atoms with van der Waals surface area (Å²) in [7, 11) is -7.02. The molecule has 0 aliphatic carbocycles. The first-order valence-electron chi connectivity index (χ1n) is 4.20. The third-order valence-electron chi connectivity index (χ3n) is 1.90. The molecule has 0 atom stereocenters. The molecule has 0 N–H and O–H groups in total. The summed E-state index contributed by atoms with van der Waals surface area (Å²) in [6.45, 7) is 3.59. The van der Waals surface area contributed by atoms with Gasteiger partial charge in [-0.1, -0.05) is 26.7 Å². The first-order chi connectivity index (χ1) is 6.24. The van der Waals surface area contributed by atoms with Crippen LogP contribution in [0.15, 0.2) is 0 Å². The minimum atomic E-state index is -5.35. The zero-order valence-electron chi connectivity index (χ0n) is 7.97. The second kappa shape index (κ2) is 5.13. The summed E-state index contributed by atoms with van der Waals surface area (Å²) < 4.78 is 60.4. The van der Waals surface area contributed by atoms with E-state index in [0.29, 0.717) is 12.8 Å². The zero-order valence-corrected chi connectivity index (χ0v) is 10.2. The van der Waals surface area contributed by atoms with Gasteiger partial charge in [0.15, 0.2) is 9.76 Å². The zero-order chi connectivity index (χ0) is 11.4. The van der Waals surface area contributed by atoms with E-state index in [2.05, 4.69) is 3.87 Å². The van der Waals surface area contributed by atoms with Crippen LogP contribution in [0.25, 0.3) is 0 Å². The van der Waals surface area contributed by atoms with Crippen LogP contribution in [0.2, 0.25) is 5.54 Å². The summed E-state index contributed by atoms with van der Waals surface area (Å²) in [6.07, 6.45) is 1.30. The van der Waals surface area contributed by atoms with Gasteiger partial charge in [-0.2, -0.15) is 21.6 Å². The van der Waals surface area contributed by atoms with Crippen molar-refractivity contribution in [1.29, 1.82) is 0 Å². The molecule has 0 aromatic carbocycles. The Labute approximate surface area is 83.7 Å². The lowest BCUT2D eigenvalue weighted by Crippen LogP contribution is -2.28. The van der Waals surface area contributed by atoms with Gasteiger partial charge in [-0.15, -0.1) is 0 Å². The van der Waals surface area contributed by atoms with Gasteiger partial charge in [0.25, 0.3) is 0 Å². The summed E-state index contributed by atoms with van der Waals surface area (Å²) in [5.41, 5.74) is -5.31. The first-order valence-corrected chi connectivity index (χ1v) is 7.00. The molecule has 0 aliphatic rings. The molecule has 14 heavy (non-hydrogen) atoms. The Hall–Kier alpha value is -0.0831. The Bertz CT molecular complexity index is 258. The second-order valence-electron chi connectivity index (χ2n) is 2.87. The van der Waals surface area contributed by atoms with Gasteiger partial charge in [0.05, 0.1) is 0 Å². The second-order valence-corrected chi connectivity index (χ2v) is 6.67. The Kier molecular flexibility index (Phi) is 5.10. The van der Waals surface area contributed by atoms with Gasteiger partial charge >= 0.3 is 15.6 Å². The van der Waals surface area contributed by atoms with E-state index in [-0.39, 0.29) is 5.54 Å². The predicted molar refractivity (Wildman–Crippen MR) is 48.9 cm³/mol. The predicted octanol–water partition coefficient (Wildman–Crippen LogP) is 1.54. The molecule has 0 heterocycles. The van der Waals surface area contributed by atoms with Crippen molar-refractivity contribution in [2.45, 2.75) is 37.7 Å². The van der Waals surface area contributed by atoms with Crippen molar-refractivity contribution in [2.24, 2.45) is 0 Å². The van der Waals surface area contributed by atoms with E-state index in [0.717, 1.165) is 0 Å². The van der Waals surface area contributed by atoms with Crippen molar-refractivity contribution in [1.82, 2.24) is 0 Å². The van der Waals surface area contributed by atoms with Crippen LogP contribution < -0.4 is 0 Å². The van der Waals surface area contributed by atoms with Crippen molar-refractivity contribution in [3.05, 3.63) is 0 Å². The van der Waals surface area contributed by atoms with Crippen LogP contribution in [-0.2, 0) is 14.0 Å². The van der Waals surface area contributed by atoms with Crippen LogP contribution in [-0.4, -0.2) is 23.7 Å². The quantitative estimate of drug-likeness (QED) is 0.549. The van der Waals surface area contributed by atoms with Crippen LogP contribution in [0.1, 0.15) is 26.7 Å². The van der Waals surface area contributed by atoms with Crippen LogP contribution in [0, 0.1) is 0 Å². The smallest absolute Gasteiger partial charge is 0.316 e. The SMILES string of the molecule is CCC(CC)[SiH2]OS(=O)(=O)C(F)(F)F. The van der Waals surface area contributed by atoms with E-state index in [1.54, 1.807) is 13.8 Å². The van der Waals surface area contributed by atoms with Gasteiger partial charge in [0, 0.05) is 0 Å². The molecule has 0 bridgehead atoms. The van der Waals surface area contributed by atoms with Crippen molar-refractivity contribution in [3.8, 4) is 0 Å². The number of hydrogen-bond acceptors (Lipinski definition) is 3. The van der Waals surface area contributed by atoms with E-state index in [1.807, 2.05) is 0 Å². The van der Waals surface area contributed by atoms with Crippen molar-refractivity contribution < 1.29 is 25.5 Å². The maximum Gasteiger partial charge on any atom is 0.522 e. The average molecular weight is 250 g/mol. The Morgan fingerprint density at radius 3 is 2.00 bits per heavy atom. The molecule has 3 nitrogen and oxygen atoms in total. The van der Waals surface area contributed by atoms with E-state index >= 15 is 0 Å². The molecule has 0 spiro atoms. The molecule has 0 aromatic heterocycles. The first kappa shape index (κ1) is 13.9. The summed E-state index contributed by atoms with van der Waals surface area (Å²) in [4.78, 5) is 0. The lowest BCUT2D eigenvalue weighted by molar-refractivity contribution is -0.0500. The molecule has 0 saturated heterocycles. The third-order valence-corrected chi connectivity index (χ3v) is 5.88. The minimum Gasteiger partial charge on any atom is -0.316 e. The molecule has 0 radical (unpaired) electrons. The molecule has 0 fully saturated rings. The Morgan fingerprint density at radius 1 is 1.29 bits per heavy atom. The highest BCUT2D eigenvalue weighted by atomic mass is 32.2. The minimum absolute atomic E-state index is 0.0212. The van der Waals surface area contributed by atoms with Gasteiger partial charge in [0.2, 0.25) is 0 Å². The van der Waals surface area contributed by atoms with Crippen LogP contribution in [0.4, 0.5) is 13.2 Å². The molecule has 86 valence electrons. The lowest BCUT2D eigenvalue weighted by atomic mass is 10.3. The molecule has 0 unspecified atom stereocenters. The standard InChI is InChI=1S/C6H13F3O3SSi/c1-3-5(4-2)14-12-13(10,11)6(7,8)9/h5H,3-4,14H2,1-2H3. The van der Waals surface area contributed by atoms with Gasteiger partial charge < -0.3 is 3.87 Å². The average Bonchev–Trinajstić information content (AvgIpc) is 2.04. The summed E-state index contributed by atoms with van der Waals surface area (Å²) in [5, 5.41) is 0. The van der Waals surface area contributed by atoms with Crippen molar-refractivity contribution in [2.75, 3.05) is 0 Å². The van der Waals surface area contributed by atoms with E-state index in [1.165, 1.54) is 0 Å². The maximum atomic E-state index is 11.8. The number of halogens is 3. The van der Waals surface area contributed by atoms with Crippen molar-refractivity contribution >= 4 is 19.9 Å². The van der Waals surface area contributed by atoms with Crippen LogP contribution in [0.5, 0.6) is 0 Å². The normalized spacial score (nSPS) is 14.4. The molecule has 8 heteroatoms. The fraction of sp³-hybridized carbons (Fsp3) is 1.00. The van der Waals surface area contributed by atoms with Crippen molar-refractivity contribution in [3.63, 3.8) is 0 Å². The topological polar surface area (TPSA) is 43.4 Å². The number of alkyl halides is 3. The largest absolute Gasteiger partial charge is 0.522 e. The summed E-state index contributed by atoms with van der Waals surface area (Å²) in [6, 6.07) is 0. The fourth-order valence-electron chi connectivity index (χ4n) is 0.777. The summed E-state index contributed by atoms with van der Waals surface area (Å²) >= 11 is 0. The highest BCUT2D eigenvalue weighted by molar-refractivity contribution is 7.88. The molecular weight excluding hydrogens is 237 g/mol. The molecule has 0 aromatic rings. The summed E-state index contributed by atoms with van der Waals surface area (Å²) in [5.74, 6) is 0. The Morgan fingerprint density at radius 2 is 1.71 bits per heavy atom. The Balaban J connectivity index is 4.27. The lowest BCUT2D eigenvalue weighted by Gasteiger charge is -2.13. The number of rotatable bonds is 5. The highest BCUT2D eigenvalue weighted by Crippen LogP contribution is 2.25. The third kappa shape index (κ3) is 3.97.